The first-order chi connectivity index (χ1) is 14.4. The molecule has 0 aliphatic carbocycles. The van der Waals surface area contributed by atoms with Crippen LogP contribution in [-0.2, 0) is 21.2 Å². The van der Waals surface area contributed by atoms with Gasteiger partial charge in [-0.2, -0.15) is 4.31 Å². The third-order valence-electron chi connectivity index (χ3n) is 4.69. The topological polar surface area (TPSA) is 112 Å². The minimum Gasteiger partial charge on any atom is -0.439 e. The van der Waals surface area contributed by atoms with Crippen LogP contribution in [0.25, 0.3) is 0 Å². The second kappa shape index (κ2) is 8.13. The van der Waals surface area contributed by atoms with E-state index in [1.54, 1.807) is 24.3 Å². The fraction of sp³-hybridized carbons (Fsp3) is 0.143. The molecule has 3 aromatic rings. The number of aromatic nitrogens is 1. The molecule has 30 heavy (non-hydrogen) atoms. The molecule has 154 valence electrons. The number of nitrogens with zero attached hydrogens (tertiary/aromatic N) is 2. The van der Waals surface area contributed by atoms with Gasteiger partial charge in [-0.25, -0.2) is 18.2 Å². The fourth-order valence-corrected chi connectivity index (χ4v) is 4.75. The zero-order valence-electron chi connectivity index (χ0n) is 15.8. The van der Waals surface area contributed by atoms with Crippen LogP contribution in [0, 0.1) is 0 Å². The lowest BCUT2D eigenvalue weighted by atomic mass is 10.00. The maximum Gasteiger partial charge on any atom is 0.406 e. The fourth-order valence-electron chi connectivity index (χ4n) is 3.31. The quantitative estimate of drug-likeness (QED) is 0.672. The Hall–Kier alpha value is -3.43. The Kier molecular flexibility index (Phi) is 5.39. The molecule has 0 saturated carbocycles. The standard InChI is InChI=1S/C21H19N3O5S/c22-21(25)29-20-18-9-5-4-6-15(18)12-13-24(20)30(26,27)17-10-11-19(23-14-17)28-16-7-2-1-3-8-16/h1-11,14,20H,12-13H2,(H2,22,25). The number of ether oxygens (including phenoxy) is 2. The van der Waals surface area contributed by atoms with Gasteiger partial charge in [-0.15, -0.1) is 0 Å². The minimum absolute atomic E-state index is 0.0413. The lowest BCUT2D eigenvalue weighted by molar-refractivity contribution is 0.0295. The third kappa shape index (κ3) is 3.98. The maximum atomic E-state index is 13.3. The summed E-state index contributed by atoms with van der Waals surface area (Å²) in [5.74, 6) is 0.845. The van der Waals surface area contributed by atoms with Gasteiger partial charge in [0, 0.05) is 18.2 Å². The number of pyridine rings is 1. The molecule has 1 atom stereocenters. The number of para-hydroxylation sites is 1. The molecule has 1 amide bonds. The van der Waals surface area contributed by atoms with Gasteiger partial charge in [0.2, 0.25) is 15.9 Å². The molecule has 0 radical (unpaired) electrons. The molecule has 0 fully saturated rings. The van der Waals surface area contributed by atoms with E-state index in [0.717, 1.165) is 9.87 Å². The van der Waals surface area contributed by atoms with E-state index in [-0.39, 0.29) is 17.3 Å². The summed E-state index contributed by atoms with van der Waals surface area (Å²) in [6.07, 6.45) is -0.495. The molecule has 0 bridgehead atoms. The number of hydrogen-bond donors (Lipinski definition) is 1. The number of nitrogens with two attached hydrogens (primary N) is 1. The smallest absolute Gasteiger partial charge is 0.406 e. The van der Waals surface area contributed by atoms with Gasteiger partial charge >= 0.3 is 6.09 Å². The van der Waals surface area contributed by atoms with Crippen LogP contribution in [0.15, 0.2) is 77.8 Å². The Morgan fingerprint density at radius 3 is 2.47 bits per heavy atom. The predicted molar refractivity (Wildman–Crippen MR) is 108 cm³/mol. The molecule has 1 aliphatic heterocycles. The maximum absolute atomic E-state index is 13.3. The van der Waals surface area contributed by atoms with Crippen molar-refractivity contribution < 1.29 is 22.7 Å². The molecule has 9 heteroatoms. The number of fused-ring (bicyclic) bond motifs is 1. The normalized spacial score (nSPS) is 16.5. The number of carbonyl (C=O) groups is 1. The summed E-state index contributed by atoms with van der Waals surface area (Å²) < 4.78 is 38.5. The van der Waals surface area contributed by atoms with Crippen molar-refractivity contribution in [3.63, 3.8) is 0 Å². The van der Waals surface area contributed by atoms with Gasteiger partial charge in [0.15, 0.2) is 6.23 Å². The van der Waals surface area contributed by atoms with E-state index in [9.17, 15) is 13.2 Å². The molecule has 1 aromatic heterocycles. The molecule has 0 spiro atoms. The van der Waals surface area contributed by atoms with Gasteiger partial charge in [0.25, 0.3) is 0 Å². The molecule has 2 aromatic carbocycles. The molecule has 2 N–H and O–H groups in total. The van der Waals surface area contributed by atoms with E-state index in [4.69, 9.17) is 15.2 Å². The van der Waals surface area contributed by atoms with Crippen molar-refractivity contribution in [2.24, 2.45) is 5.73 Å². The summed E-state index contributed by atoms with van der Waals surface area (Å²) in [4.78, 5) is 15.5. The predicted octanol–water partition coefficient (Wildman–Crippen LogP) is 3.21. The van der Waals surface area contributed by atoms with Gasteiger partial charge in [0.1, 0.15) is 10.6 Å². The van der Waals surface area contributed by atoms with Crippen LogP contribution in [0.4, 0.5) is 4.79 Å². The number of benzene rings is 2. The summed E-state index contributed by atoms with van der Waals surface area (Å²) >= 11 is 0. The van der Waals surface area contributed by atoms with Crippen LogP contribution in [0.3, 0.4) is 0 Å². The molecule has 8 nitrogen and oxygen atoms in total. The second-order valence-corrected chi connectivity index (χ2v) is 8.49. The second-order valence-electron chi connectivity index (χ2n) is 6.60. The summed E-state index contributed by atoms with van der Waals surface area (Å²) in [5.41, 5.74) is 6.70. The number of carbonyl (C=O) groups excluding carboxylic acids is 1. The number of hydrogen-bond acceptors (Lipinski definition) is 6. The molecule has 2 heterocycles. The summed E-state index contributed by atoms with van der Waals surface area (Å²) in [5, 5.41) is 0. The van der Waals surface area contributed by atoms with E-state index >= 15 is 0 Å². The number of sulfonamides is 1. The SMILES string of the molecule is NC(=O)OC1c2ccccc2CCN1S(=O)(=O)c1ccc(Oc2ccccc2)nc1. The van der Waals surface area contributed by atoms with E-state index < -0.39 is 22.3 Å². The summed E-state index contributed by atoms with van der Waals surface area (Å²) in [6.45, 7) is 0.138. The number of rotatable bonds is 5. The van der Waals surface area contributed by atoms with Crippen LogP contribution in [-0.4, -0.2) is 30.3 Å². The Balaban J connectivity index is 1.62. The van der Waals surface area contributed by atoms with Gasteiger partial charge < -0.3 is 15.2 Å². The Labute approximate surface area is 173 Å². The Bertz CT molecular complexity index is 1150. The lowest BCUT2D eigenvalue weighted by Crippen LogP contribution is -2.42. The molecule has 4 rings (SSSR count). The molecular formula is C21H19N3O5S. The van der Waals surface area contributed by atoms with Crippen molar-refractivity contribution in [1.29, 1.82) is 0 Å². The van der Waals surface area contributed by atoms with Crippen molar-refractivity contribution >= 4 is 16.1 Å². The van der Waals surface area contributed by atoms with Crippen LogP contribution < -0.4 is 10.5 Å². The first kappa shape index (κ1) is 19.9. The Morgan fingerprint density at radius 2 is 1.77 bits per heavy atom. The van der Waals surface area contributed by atoms with E-state index in [0.29, 0.717) is 17.7 Å². The Morgan fingerprint density at radius 1 is 1.03 bits per heavy atom. The molecule has 1 aliphatic rings. The molecule has 0 saturated heterocycles. The highest BCUT2D eigenvalue weighted by Gasteiger charge is 2.38. The summed E-state index contributed by atoms with van der Waals surface area (Å²) in [7, 11) is -4.01. The largest absolute Gasteiger partial charge is 0.439 e. The highest BCUT2D eigenvalue weighted by Crippen LogP contribution is 2.35. The first-order valence-electron chi connectivity index (χ1n) is 9.20. The van der Waals surface area contributed by atoms with Crippen LogP contribution in [0.1, 0.15) is 17.4 Å². The van der Waals surface area contributed by atoms with Crippen molar-refractivity contribution in [2.75, 3.05) is 6.54 Å². The van der Waals surface area contributed by atoms with Gasteiger partial charge in [-0.1, -0.05) is 42.5 Å². The summed E-state index contributed by atoms with van der Waals surface area (Å²) in [6, 6.07) is 19.1. The highest BCUT2D eigenvalue weighted by molar-refractivity contribution is 7.89. The van der Waals surface area contributed by atoms with Crippen molar-refractivity contribution in [3.05, 3.63) is 84.1 Å². The van der Waals surface area contributed by atoms with E-state index in [2.05, 4.69) is 4.98 Å². The van der Waals surface area contributed by atoms with Crippen molar-refractivity contribution in [3.8, 4) is 11.6 Å². The van der Waals surface area contributed by atoms with Gasteiger partial charge in [0.05, 0.1) is 6.20 Å². The molecular weight excluding hydrogens is 406 g/mol. The van der Waals surface area contributed by atoms with Crippen LogP contribution in [0.2, 0.25) is 0 Å². The molecule has 1 unspecified atom stereocenters. The lowest BCUT2D eigenvalue weighted by Gasteiger charge is -2.34. The van der Waals surface area contributed by atoms with E-state index in [1.165, 1.54) is 18.3 Å². The van der Waals surface area contributed by atoms with Crippen molar-refractivity contribution in [1.82, 2.24) is 9.29 Å². The third-order valence-corrected chi connectivity index (χ3v) is 6.52. The van der Waals surface area contributed by atoms with Crippen LogP contribution in [0.5, 0.6) is 11.6 Å². The van der Waals surface area contributed by atoms with Crippen LogP contribution >= 0.6 is 0 Å². The number of amides is 1. The average Bonchev–Trinajstić information content (AvgIpc) is 2.74. The first-order valence-corrected chi connectivity index (χ1v) is 10.6. The average molecular weight is 425 g/mol. The number of primary amides is 1. The van der Waals surface area contributed by atoms with Crippen molar-refractivity contribution in [2.45, 2.75) is 17.5 Å². The van der Waals surface area contributed by atoms with Gasteiger partial charge in [-0.05, 0) is 30.2 Å². The monoisotopic (exact) mass is 425 g/mol. The zero-order chi connectivity index (χ0) is 21.1. The van der Waals surface area contributed by atoms with Gasteiger partial charge in [-0.3, -0.25) is 0 Å². The van der Waals surface area contributed by atoms with E-state index in [1.807, 2.05) is 30.3 Å². The zero-order valence-corrected chi connectivity index (χ0v) is 16.7. The minimum atomic E-state index is -4.01. The highest BCUT2D eigenvalue weighted by atomic mass is 32.2.